The fraction of sp³-hybridized carbons (Fsp3) is 0.385. The SMILES string of the molecule is O=C(O)[C@H]1CCCCN1C(=O)c1ccc(O)c(O)c1. The van der Waals surface area contributed by atoms with Crippen LogP contribution in [0.4, 0.5) is 0 Å². The van der Waals surface area contributed by atoms with Crippen LogP contribution in [0.25, 0.3) is 0 Å². The summed E-state index contributed by atoms with van der Waals surface area (Å²) in [5.41, 5.74) is 0.170. The zero-order chi connectivity index (χ0) is 14.0. The van der Waals surface area contributed by atoms with Gasteiger partial charge in [0, 0.05) is 12.1 Å². The van der Waals surface area contributed by atoms with E-state index in [1.165, 1.54) is 17.0 Å². The topological polar surface area (TPSA) is 98.1 Å². The quantitative estimate of drug-likeness (QED) is 0.697. The van der Waals surface area contributed by atoms with E-state index in [9.17, 15) is 19.8 Å². The number of carbonyl (C=O) groups excluding carboxylic acids is 1. The summed E-state index contributed by atoms with van der Waals surface area (Å²) in [6.45, 7) is 0.386. The molecule has 1 aromatic rings. The Morgan fingerprint density at radius 3 is 2.53 bits per heavy atom. The highest BCUT2D eigenvalue weighted by molar-refractivity contribution is 5.97. The number of carboxylic acids is 1. The van der Waals surface area contributed by atoms with Crippen LogP contribution in [0.5, 0.6) is 11.5 Å². The number of nitrogens with zero attached hydrogens (tertiary/aromatic N) is 1. The van der Waals surface area contributed by atoms with Crippen molar-refractivity contribution < 1.29 is 24.9 Å². The number of carboxylic acid groups (broad SMARTS) is 1. The van der Waals surface area contributed by atoms with Crippen molar-refractivity contribution in [3.05, 3.63) is 23.8 Å². The molecule has 0 aliphatic carbocycles. The lowest BCUT2D eigenvalue weighted by molar-refractivity contribution is -0.143. The summed E-state index contributed by atoms with van der Waals surface area (Å²) in [5, 5.41) is 27.7. The van der Waals surface area contributed by atoms with E-state index in [-0.39, 0.29) is 11.3 Å². The molecule has 1 amide bonds. The fourth-order valence-corrected chi connectivity index (χ4v) is 2.25. The number of phenols is 2. The first-order chi connectivity index (χ1) is 9.00. The Bertz CT molecular complexity index is 514. The van der Waals surface area contributed by atoms with Crippen molar-refractivity contribution >= 4 is 11.9 Å². The minimum Gasteiger partial charge on any atom is -0.504 e. The molecule has 0 aromatic heterocycles. The average molecular weight is 265 g/mol. The molecule has 6 nitrogen and oxygen atoms in total. The van der Waals surface area contributed by atoms with E-state index in [0.29, 0.717) is 13.0 Å². The van der Waals surface area contributed by atoms with Crippen LogP contribution in [0.2, 0.25) is 0 Å². The Kier molecular flexibility index (Phi) is 3.59. The van der Waals surface area contributed by atoms with Gasteiger partial charge in [-0.05, 0) is 37.5 Å². The van der Waals surface area contributed by atoms with E-state index < -0.39 is 23.7 Å². The van der Waals surface area contributed by atoms with Crippen LogP contribution in [0.15, 0.2) is 18.2 Å². The number of aliphatic carboxylic acids is 1. The Morgan fingerprint density at radius 2 is 1.89 bits per heavy atom. The van der Waals surface area contributed by atoms with E-state index >= 15 is 0 Å². The second-order valence-corrected chi connectivity index (χ2v) is 4.55. The van der Waals surface area contributed by atoms with Gasteiger partial charge in [0.25, 0.3) is 5.91 Å². The van der Waals surface area contributed by atoms with E-state index in [1.54, 1.807) is 0 Å². The minimum absolute atomic E-state index is 0.170. The van der Waals surface area contributed by atoms with Gasteiger partial charge in [-0.15, -0.1) is 0 Å². The number of amides is 1. The number of phenolic OH excluding ortho intramolecular Hbond substituents is 2. The predicted octanol–water partition coefficient (Wildman–Crippen LogP) is 1.18. The third-order valence-corrected chi connectivity index (χ3v) is 3.27. The van der Waals surface area contributed by atoms with Crippen LogP contribution < -0.4 is 0 Å². The molecule has 6 heteroatoms. The van der Waals surface area contributed by atoms with Crippen molar-refractivity contribution in [2.75, 3.05) is 6.54 Å². The monoisotopic (exact) mass is 265 g/mol. The summed E-state index contributed by atoms with van der Waals surface area (Å²) < 4.78 is 0. The third-order valence-electron chi connectivity index (χ3n) is 3.27. The molecule has 19 heavy (non-hydrogen) atoms. The highest BCUT2D eigenvalue weighted by Crippen LogP contribution is 2.27. The largest absolute Gasteiger partial charge is 0.504 e. The van der Waals surface area contributed by atoms with E-state index in [1.807, 2.05) is 0 Å². The average Bonchev–Trinajstić information content (AvgIpc) is 2.41. The number of carbonyl (C=O) groups is 2. The summed E-state index contributed by atoms with van der Waals surface area (Å²) in [6.07, 6.45) is 1.98. The normalized spacial score (nSPS) is 19.2. The molecular weight excluding hydrogens is 250 g/mol. The molecule has 1 fully saturated rings. The Balaban J connectivity index is 2.26. The summed E-state index contributed by atoms with van der Waals surface area (Å²) >= 11 is 0. The fourth-order valence-electron chi connectivity index (χ4n) is 2.25. The van der Waals surface area contributed by atoms with E-state index in [4.69, 9.17) is 5.11 Å². The van der Waals surface area contributed by atoms with Gasteiger partial charge < -0.3 is 20.2 Å². The smallest absolute Gasteiger partial charge is 0.326 e. The molecule has 0 spiro atoms. The Labute approximate surface area is 109 Å². The maximum Gasteiger partial charge on any atom is 0.326 e. The van der Waals surface area contributed by atoms with Gasteiger partial charge in [-0.2, -0.15) is 0 Å². The number of hydrogen-bond acceptors (Lipinski definition) is 4. The first kappa shape index (κ1) is 13.2. The van der Waals surface area contributed by atoms with Crippen molar-refractivity contribution in [3.8, 4) is 11.5 Å². The van der Waals surface area contributed by atoms with Crippen LogP contribution in [-0.2, 0) is 4.79 Å². The molecule has 102 valence electrons. The van der Waals surface area contributed by atoms with Gasteiger partial charge in [0.2, 0.25) is 0 Å². The van der Waals surface area contributed by atoms with E-state index in [2.05, 4.69) is 0 Å². The lowest BCUT2D eigenvalue weighted by atomic mass is 10.0. The van der Waals surface area contributed by atoms with Crippen LogP contribution in [0, 0.1) is 0 Å². The summed E-state index contributed by atoms with van der Waals surface area (Å²) in [5.74, 6) is -2.17. The molecule has 3 N–H and O–H groups in total. The summed E-state index contributed by atoms with van der Waals surface area (Å²) in [7, 11) is 0. The van der Waals surface area contributed by atoms with Crippen molar-refractivity contribution in [1.29, 1.82) is 0 Å². The van der Waals surface area contributed by atoms with Crippen LogP contribution in [0.1, 0.15) is 29.6 Å². The molecule has 2 rings (SSSR count). The van der Waals surface area contributed by atoms with Crippen molar-refractivity contribution in [2.45, 2.75) is 25.3 Å². The number of likely N-dealkylation sites (tertiary alicyclic amines) is 1. The highest BCUT2D eigenvalue weighted by atomic mass is 16.4. The highest BCUT2D eigenvalue weighted by Gasteiger charge is 2.32. The molecule has 0 bridgehead atoms. The molecule has 1 saturated heterocycles. The maximum absolute atomic E-state index is 12.2. The second-order valence-electron chi connectivity index (χ2n) is 4.55. The van der Waals surface area contributed by atoms with Crippen molar-refractivity contribution in [3.63, 3.8) is 0 Å². The molecule has 1 heterocycles. The standard InChI is InChI=1S/C13H15NO5/c15-10-5-4-8(7-11(10)16)12(17)14-6-2-1-3-9(14)13(18)19/h4-5,7,9,15-16H,1-3,6H2,(H,18,19)/t9-/m1/s1. The third kappa shape index (κ3) is 2.62. The lowest BCUT2D eigenvalue weighted by Crippen LogP contribution is -2.47. The first-order valence-electron chi connectivity index (χ1n) is 6.06. The number of hydrogen-bond donors (Lipinski definition) is 3. The molecular formula is C13H15NO5. The van der Waals surface area contributed by atoms with Gasteiger partial charge in [0.05, 0.1) is 0 Å². The van der Waals surface area contributed by atoms with E-state index in [0.717, 1.165) is 18.9 Å². The molecule has 0 unspecified atom stereocenters. The second kappa shape index (κ2) is 5.17. The summed E-state index contributed by atoms with van der Waals surface area (Å²) in [4.78, 5) is 24.7. The zero-order valence-electron chi connectivity index (χ0n) is 10.2. The van der Waals surface area contributed by atoms with Crippen molar-refractivity contribution in [2.24, 2.45) is 0 Å². The first-order valence-corrected chi connectivity index (χ1v) is 6.06. The zero-order valence-corrected chi connectivity index (χ0v) is 10.2. The van der Waals surface area contributed by atoms with Gasteiger partial charge in [0.15, 0.2) is 11.5 Å². The minimum atomic E-state index is -1.02. The molecule has 1 atom stereocenters. The van der Waals surface area contributed by atoms with Crippen LogP contribution in [0.3, 0.4) is 0 Å². The lowest BCUT2D eigenvalue weighted by Gasteiger charge is -2.33. The maximum atomic E-state index is 12.2. The molecule has 1 aliphatic rings. The molecule has 1 aliphatic heterocycles. The van der Waals surface area contributed by atoms with Crippen LogP contribution >= 0.6 is 0 Å². The van der Waals surface area contributed by atoms with Gasteiger partial charge in [-0.25, -0.2) is 4.79 Å². The van der Waals surface area contributed by atoms with Crippen LogP contribution in [-0.4, -0.2) is 44.7 Å². The molecule has 0 saturated carbocycles. The Hall–Kier alpha value is -2.24. The van der Waals surface area contributed by atoms with Gasteiger partial charge in [-0.1, -0.05) is 0 Å². The molecule has 1 aromatic carbocycles. The van der Waals surface area contributed by atoms with Gasteiger partial charge >= 0.3 is 5.97 Å². The number of piperidine rings is 1. The number of benzene rings is 1. The van der Waals surface area contributed by atoms with Gasteiger partial charge in [-0.3, -0.25) is 4.79 Å². The summed E-state index contributed by atoms with van der Waals surface area (Å²) in [6, 6.07) is 2.90. The number of rotatable bonds is 2. The molecule has 0 radical (unpaired) electrons. The van der Waals surface area contributed by atoms with Gasteiger partial charge in [0.1, 0.15) is 6.04 Å². The predicted molar refractivity (Wildman–Crippen MR) is 66.1 cm³/mol. The Morgan fingerprint density at radius 1 is 1.16 bits per heavy atom. The van der Waals surface area contributed by atoms with Crippen molar-refractivity contribution in [1.82, 2.24) is 4.90 Å². The number of aromatic hydroxyl groups is 2.